The van der Waals surface area contributed by atoms with Crippen molar-refractivity contribution in [1.82, 2.24) is 4.90 Å². The van der Waals surface area contributed by atoms with Crippen LogP contribution >= 0.6 is 55.0 Å². The molecule has 0 bridgehead atoms. The van der Waals surface area contributed by atoms with Gasteiger partial charge in [-0.15, -0.1) is 11.3 Å². The molecular weight excluding hydrogens is 460 g/mol. The van der Waals surface area contributed by atoms with E-state index in [-0.39, 0.29) is 11.8 Å². The third kappa shape index (κ3) is 4.05. The van der Waals surface area contributed by atoms with E-state index < -0.39 is 15.2 Å². The summed E-state index contributed by atoms with van der Waals surface area (Å²) in [4.78, 5) is 3.17. The summed E-state index contributed by atoms with van der Waals surface area (Å²) >= 11 is 10.3. The first kappa shape index (κ1) is 18.2. The van der Waals surface area contributed by atoms with E-state index in [2.05, 4.69) is 36.8 Å². The van der Waals surface area contributed by atoms with Gasteiger partial charge in [0.15, 0.2) is 9.84 Å². The third-order valence-electron chi connectivity index (χ3n) is 3.56. The largest absolute Gasteiger partial charge is 0.329 e. The average Bonchev–Trinajstić information content (AvgIpc) is 2.79. The number of nitrogens with zero attached hydrogens (tertiary/aromatic N) is 1. The van der Waals surface area contributed by atoms with Crippen molar-refractivity contribution in [2.45, 2.75) is 18.3 Å². The van der Waals surface area contributed by atoms with E-state index in [9.17, 15) is 8.42 Å². The molecule has 1 aromatic rings. The van der Waals surface area contributed by atoms with Gasteiger partial charge in [0.05, 0.1) is 9.83 Å². The Labute approximate surface area is 151 Å². The molecular formula is C12H18Br2N2O2S3. The Kier molecular flexibility index (Phi) is 6.62. The van der Waals surface area contributed by atoms with Crippen LogP contribution in [0.15, 0.2) is 14.3 Å². The molecule has 1 aliphatic heterocycles. The lowest BCUT2D eigenvalue weighted by molar-refractivity contribution is 0.200. The quantitative estimate of drug-likeness (QED) is 0.705. The topological polar surface area (TPSA) is 63.4 Å². The minimum absolute atomic E-state index is 0.0511. The molecule has 0 saturated carbocycles. The van der Waals surface area contributed by atoms with Gasteiger partial charge in [0.2, 0.25) is 0 Å². The minimum atomic E-state index is -3.11. The second kappa shape index (κ2) is 7.63. The van der Waals surface area contributed by atoms with Gasteiger partial charge in [-0.1, -0.05) is 6.92 Å². The van der Waals surface area contributed by atoms with Crippen LogP contribution in [-0.4, -0.2) is 49.0 Å². The molecule has 0 aliphatic carbocycles. The number of hydrogen-bond acceptors (Lipinski definition) is 6. The normalized spacial score (nSPS) is 22.4. The van der Waals surface area contributed by atoms with Crippen LogP contribution in [0.2, 0.25) is 0 Å². The molecule has 0 radical (unpaired) electrons. The van der Waals surface area contributed by atoms with Crippen molar-refractivity contribution in [3.8, 4) is 0 Å². The second-order valence-corrected chi connectivity index (χ2v) is 11.6. The van der Waals surface area contributed by atoms with Crippen molar-refractivity contribution in [2.24, 2.45) is 5.73 Å². The highest BCUT2D eigenvalue weighted by Crippen LogP contribution is 2.39. The van der Waals surface area contributed by atoms with Crippen LogP contribution in [0.1, 0.15) is 17.8 Å². The maximum absolute atomic E-state index is 12.4. The molecule has 4 nitrogen and oxygen atoms in total. The Bertz CT molecular complexity index is 572. The van der Waals surface area contributed by atoms with Crippen molar-refractivity contribution >= 4 is 64.8 Å². The van der Waals surface area contributed by atoms with E-state index in [4.69, 9.17) is 5.73 Å². The van der Waals surface area contributed by atoms with Crippen molar-refractivity contribution < 1.29 is 8.42 Å². The van der Waals surface area contributed by atoms with Crippen LogP contribution in [0.4, 0.5) is 0 Å². The number of nitrogens with two attached hydrogens (primary N) is 1. The standard InChI is InChI=1S/C12H18Br2N2O2S3/c1-2-21(17,18)11-7-19-4-3-16(11)9(6-15)10-5-8(13)12(14)20-10/h5,9,11H,2-4,6-7,15H2,1H3. The predicted octanol–water partition coefficient (Wildman–Crippen LogP) is 3.08. The first-order chi connectivity index (χ1) is 9.90. The fourth-order valence-electron chi connectivity index (χ4n) is 2.40. The fourth-order valence-corrected chi connectivity index (χ4v) is 7.69. The van der Waals surface area contributed by atoms with Gasteiger partial charge in [0, 0.05) is 39.7 Å². The number of rotatable bonds is 5. The van der Waals surface area contributed by atoms with E-state index in [0.717, 1.165) is 25.4 Å². The van der Waals surface area contributed by atoms with Crippen LogP contribution in [0, 0.1) is 0 Å². The molecule has 2 rings (SSSR count). The second-order valence-electron chi connectivity index (χ2n) is 4.74. The summed E-state index contributed by atoms with van der Waals surface area (Å²) in [5.41, 5.74) is 5.97. The lowest BCUT2D eigenvalue weighted by atomic mass is 10.2. The SMILES string of the molecule is CCS(=O)(=O)C1CSCCN1C(CN)c1cc(Br)c(Br)s1. The molecule has 1 fully saturated rings. The summed E-state index contributed by atoms with van der Waals surface area (Å²) in [6, 6.07) is 1.98. The van der Waals surface area contributed by atoms with E-state index in [0.29, 0.717) is 12.3 Å². The molecule has 0 aromatic carbocycles. The highest BCUT2D eigenvalue weighted by atomic mass is 79.9. The zero-order valence-corrected chi connectivity index (χ0v) is 17.2. The number of thioether (sulfide) groups is 1. The predicted molar refractivity (Wildman–Crippen MR) is 98.8 cm³/mol. The Morgan fingerprint density at radius 3 is 2.76 bits per heavy atom. The molecule has 120 valence electrons. The average molecular weight is 478 g/mol. The summed E-state index contributed by atoms with van der Waals surface area (Å²) < 4.78 is 26.8. The van der Waals surface area contributed by atoms with Gasteiger partial charge >= 0.3 is 0 Å². The summed E-state index contributed by atoms with van der Waals surface area (Å²) in [5.74, 6) is 1.74. The summed E-state index contributed by atoms with van der Waals surface area (Å²) in [5, 5.41) is -0.436. The van der Waals surface area contributed by atoms with E-state index in [1.54, 1.807) is 30.0 Å². The smallest absolute Gasteiger partial charge is 0.166 e. The summed E-state index contributed by atoms with van der Waals surface area (Å²) in [7, 11) is -3.11. The monoisotopic (exact) mass is 476 g/mol. The highest BCUT2D eigenvalue weighted by Gasteiger charge is 2.37. The lowest BCUT2D eigenvalue weighted by Gasteiger charge is -2.39. The van der Waals surface area contributed by atoms with Crippen LogP contribution in [0.5, 0.6) is 0 Å². The maximum atomic E-state index is 12.4. The minimum Gasteiger partial charge on any atom is -0.329 e. The van der Waals surface area contributed by atoms with Gasteiger partial charge < -0.3 is 5.73 Å². The molecule has 21 heavy (non-hydrogen) atoms. The molecule has 1 aromatic heterocycles. The van der Waals surface area contributed by atoms with E-state index in [1.165, 1.54) is 0 Å². The van der Waals surface area contributed by atoms with Gasteiger partial charge in [0.25, 0.3) is 0 Å². The molecule has 2 unspecified atom stereocenters. The van der Waals surface area contributed by atoms with Crippen LogP contribution in [0.3, 0.4) is 0 Å². The van der Waals surface area contributed by atoms with Crippen molar-refractivity contribution in [3.63, 3.8) is 0 Å². The number of hydrogen-bond donors (Lipinski definition) is 1. The summed E-state index contributed by atoms with van der Waals surface area (Å²) in [6.07, 6.45) is 0. The van der Waals surface area contributed by atoms with Gasteiger partial charge in [-0.25, -0.2) is 8.42 Å². The Morgan fingerprint density at radius 2 is 2.24 bits per heavy atom. The van der Waals surface area contributed by atoms with Crippen molar-refractivity contribution in [2.75, 3.05) is 30.3 Å². The van der Waals surface area contributed by atoms with E-state index >= 15 is 0 Å². The van der Waals surface area contributed by atoms with Crippen LogP contribution < -0.4 is 5.73 Å². The maximum Gasteiger partial charge on any atom is 0.166 e. The molecule has 0 amide bonds. The summed E-state index contributed by atoms with van der Waals surface area (Å²) in [6.45, 7) is 2.88. The number of sulfone groups is 1. The zero-order valence-electron chi connectivity index (χ0n) is 11.6. The van der Waals surface area contributed by atoms with Gasteiger partial charge in [-0.05, 0) is 37.9 Å². The molecule has 9 heteroatoms. The molecule has 1 aliphatic rings. The molecule has 2 heterocycles. The molecule has 0 spiro atoms. The Hall–Kier alpha value is 0.880. The number of halogens is 2. The van der Waals surface area contributed by atoms with Crippen LogP contribution in [-0.2, 0) is 9.84 Å². The lowest BCUT2D eigenvalue weighted by Crippen LogP contribution is -2.50. The molecule has 2 N–H and O–H groups in total. The van der Waals surface area contributed by atoms with E-state index in [1.807, 2.05) is 6.07 Å². The van der Waals surface area contributed by atoms with Crippen molar-refractivity contribution in [3.05, 3.63) is 19.2 Å². The third-order valence-corrected chi connectivity index (χ3v) is 10.2. The van der Waals surface area contributed by atoms with Crippen molar-refractivity contribution in [1.29, 1.82) is 0 Å². The van der Waals surface area contributed by atoms with Gasteiger partial charge in [0.1, 0.15) is 5.37 Å². The Morgan fingerprint density at radius 1 is 1.52 bits per heavy atom. The molecule has 1 saturated heterocycles. The zero-order chi connectivity index (χ0) is 15.6. The highest BCUT2D eigenvalue weighted by molar-refractivity contribution is 9.13. The molecule has 2 atom stereocenters. The Balaban J connectivity index is 2.34. The fraction of sp³-hybridized carbons (Fsp3) is 0.667. The van der Waals surface area contributed by atoms with Crippen LogP contribution in [0.25, 0.3) is 0 Å². The first-order valence-electron chi connectivity index (χ1n) is 6.60. The first-order valence-corrected chi connectivity index (χ1v) is 11.9. The number of thiophene rings is 1. The van der Waals surface area contributed by atoms with Gasteiger partial charge in [-0.2, -0.15) is 11.8 Å². The van der Waals surface area contributed by atoms with Gasteiger partial charge in [-0.3, -0.25) is 4.90 Å².